The van der Waals surface area contributed by atoms with Crippen LogP contribution in [0.5, 0.6) is 0 Å². The van der Waals surface area contributed by atoms with Crippen LogP contribution in [0.15, 0.2) is 243 Å². The Morgan fingerprint density at radius 2 is 0.516 bits per heavy atom. The van der Waals surface area contributed by atoms with E-state index in [-0.39, 0.29) is 0 Å². The number of para-hydroxylation sites is 1. The van der Waals surface area contributed by atoms with Gasteiger partial charge in [-0.1, -0.05) is 170 Å². The van der Waals surface area contributed by atoms with Crippen molar-refractivity contribution in [1.29, 1.82) is 0 Å². The number of fused-ring (bicyclic) bond motifs is 6. The first-order chi connectivity index (χ1) is 30.7. The lowest BCUT2D eigenvalue weighted by atomic mass is 9.99. The predicted octanol–water partition coefficient (Wildman–Crippen LogP) is 16.2. The minimum absolute atomic E-state index is 1.15. The SMILES string of the molecule is c1ccc(-c2cccc(-c3ccc(-n4c5ccccc5c5cc(-c6ccc7c(c6)c6cc(-c8ccccc8)ccc6n7-c6cccc(-c7ccccc7)c6)ccc54)cc3)c2)cc1. The molecule has 0 aliphatic carbocycles. The third kappa shape index (κ3) is 6.12. The zero-order chi connectivity index (χ0) is 41.0. The molecule has 0 atom stereocenters. The zero-order valence-electron chi connectivity index (χ0n) is 34.0. The highest BCUT2D eigenvalue weighted by Crippen LogP contribution is 2.40. The van der Waals surface area contributed by atoms with Crippen molar-refractivity contribution in [2.45, 2.75) is 0 Å². The highest BCUT2D eigenvalue weighted by Gasteiger charge is 2.18. The number of hydrogen-bond acceptors (Lipinski definition) is 0. The van der Waals surface area contributed by atoms with Crippen molar-refractivity contribution >= 4 is 43.6 Å². The van der Waals surface area contributed by atoms with E-state index < -0.39 is 0 Å². The Balaban J connectivity index is 0.973. The van der Waals surface area contributed by atoms with Crippen molar-refractivity contribution in [2.75, 3.05) is 0 Å². The topological polar surface area (TPSA) is 9.86 Å². The van der Waals surface area contributed by atoms with E-state index in [1.165, 1.54) is 99.2 Å². The van der Waals surface area contributed by atoms with Crippen LogP contribution in [0, 0.1) is 0 Å². The van der Waals surface area contributed by atoms with Gasteiger partial charge in [-0.15, -0.1) is 0 Å². The van der Waals surface area contributed by atoms with Gasteiger partial charge in [-0.25, -0.2) is 0 Å². The monoisotopic (exact) mass is 788 g/mol. The second-order valence-electron chi connectivity index (χ2n) is 16.2. The molecule has 2 aromatic heterocycles. The third-order valence-corrected chi connectivity index (χ3v) is 12.5. The minimum Gasteiger partial charge on any atom is -0.309 e. The Morgan fingerprint density at radius 3 is 1.05 bits per heavy atom. The molecule has 0 unspecified atom stereocenters. The molecular weight excluding hydrogens is 749 g/mol. The molecule has 62 heavy (non-hydrogen) atoms. The predicted molar refractivity (Wildman–Crippen MR) is 262 cm³/mol. The van der Waals surface area contributed by atoms with Crippen molar-refractivity contribution in [1.82, 2.24) is 9.13 Å². The molecule has 2 heterocycles. The van der Waals surface area contributed by atoms with E-state index in [9.17, 15) is 0 Å². The van der Waals surface area contributed by atoms with Crippen LogP contribution in [-0.4, -0.2) is 9.13 Å². The van der Waals surface area contributed by atoms with E-state index in [1.807, 2.05) is 0 Å². The third-order valence-electron chi connectivity index (χ3n) is 12.5. The molecule has 0 radical (unpaired) electrons. The van der Waals surface area contributed by atoms with Gasteiger partial charge in [0.25, 0.3) is 0 Å². The van der Waals surface area contributed by atoms with Gasteiger partial charge in [-0.3, -0.25) is 0 Å². The Morgan fingerprint density at radius 1 is 0.177 bits per heavy atom. The fourth-order valence-electron chi connectivity index (χ4n) is 9.49. The van der Waals surface area contributed by atoms with Gasteiger partial charge in [-0.05, 0) is 128 Å². The number of benzene rings is 10. The van der Waals surface area contributed by atoms with Crippen molar-refractivity contribution in [3.8, 4) is 67.0 Å². The van der Waals surface area contributed by atoms with E-state index >= 15 is 0 Å². The standard InChI is InChI=1S/C60H40N2/c1-4-14-41(15-5-1)45-20-12-21-46(36-45)44-26-31-51(32-27-44)61-57-25-11-10-24-53(57)54-39-49(29-34-58(54)61)50-30-35-60-56(40-50)55-38-48(43-18-8-3-9-19-43)28-33-59(55)62(60)52-23-13-22-47(37-52)42-16-6-2-7-17-42/h1-40H. The maximum atomic E-state index is 2.43. The van der Waals surface area contributed by atoms with E-state index in [2.05, 4.69) is 252 Å². The second kappa shape index (κ2) is 14.8. The Hall–Kier alpha value is -8.20. The first kappa shape index (κ1) is 35.7. The van der Waals surface area contributed by atoms with Crippen molar-refractivity contribution in [3.05, 3.63) is 243 Å². The van der Waals surface area contributed by atoms with Gasteiger partial charge in [0, 0.05) is 32.9 Å². The number of nitrogens with zero attached hydrogens (tertiary/aromatic N) is 2. The molecule has 0 amide bonds. The average Bonchev–Trinajstić information content (AvgIpc) is 3.87. The molecule has 0 saturated heterocycles. The van der Waals surface area contributed by atoms with Crippen LogP contribution in [0.3, 0.4) is 0 Å². The molecule has 0 fully saturated rings. The van der Waals surface area contributed by atoms with Gasteiger partial charge >= 0.3 is 0 Å². The summed E-state index contributed by atoms with van der Waals surface area (Å²) >= 11 is 0. The van der Waals surface area contributed by atoms with Crippen molar-refractivity contribution in [3.63, 3.8) is 0 Å². The fraction of sp³-hybridized carbons (Fsp3) is 0. The lowest BCUT2D eigenvalue weighted by Gasteiger charge is -2.11. The van der Waals surface area contributed by atoms with Crippen LogP contribution in [0.25, 0.3) is 111 Å². The molecule has 0 spiro atoms. The Bertz CT molecular complexity index is 3600. The van der Waals surface area contributed by atoms with Gasteiger partial charge in [0.05, 0.1) is 22.1 Å². The van der Waals surface area contributed by atoms with Gasteiger partial charge in [0.1, 0.15) is 0 Å². The normalized spacial score (nSPS) is 11.5. The van der Waals surface area contributed by atoms with E-state index in [1.54, 1.807) is 0 Å². The molecule has 290 valence electrons. The first-order valence-corrected chi connectivity index (χ1v) is 21.3. The number of rotatable bonds is 7. The molecule has 0 bridgehead atoms. The van der Waals surface area contributed by atoms with Crippen LogP contribution in [0.1, 0.15) is 0 Å². The highest BCUT2D eigenvalue weighted by atomic mass is 15.0. The molecule has 12 aromatic rings. The molecule has 2 nitrogen and oxygen atoms in total. The zero-order valence-corrected chi connectivity index (χ0v) is 34.0. The fourth-order valence-corrected chi connectivity index (χ4v) is 9.49. The summed E-state index contributed by atoms with van der Waals surface area (Å²) < 4.78 is 4.84. The molecule has 0 aliphatic heterocycles. The second-order valence-corrected chi connectivity index (χ2v) is 16.2. The van der Waals surface area contributed by atoms with Gasteiger partial charge < -0.3 is 9.13 Å². The number of aromatic nitrogens is 2. The molecule has 2 heteroatoms. The average molecular weight is 789 g/mol. The quantitative estimate of drug-likeness (QED) is 0.152. The maximum Gasteiger partial charge on any atom is 0.0541 e. The summed E-state index contributed by atoms with van der Waals surface area (Å²) in [5.41, 5.74) is 19.1. The first-order valence-electron chi connectivity index (χ1n) is 21.3. The highest BCUT2D eigenvalue weighted by molar-refractivity contribution is 6.13. The lowest BCUT2D eigenvalue weighted by Crippen LogP contribution is -1.94. The van der Waals surface area contributed by atoms with Crippen LogP contribution < -0.4 is 0 Å². The lowest BCUT2D eigenvalue weighted by molar-refractivity contribution is 1.18. The largest absolute Gasteiger partial charge is 0.309 e. The summed E-state index contributed by atoms with van der Waals surface area (Å²) in [6, 6.07) is 88.4. The molecule has 0 N–H and O–H groups in total. The Labute approximate surface area is 360 Å². The summed E-state index contributed by atoms with van der Waals surface area (Å²) in [6.45, 7) is 0. The summed E-state index contributed by atoms with van der Waals surface area (Å²) in [5, 5.41) is 4.95. The van der Waals surface area contributed by atoms with Gasteiger partial charge in [-0.2, -0.15) is 0 Å². The summed E-state index contributed by atoms with van der Waals surface area (Å²) in [6.07, 6.45) is 0. The van der Waals surface area contributed by atoms with Crippen LogP contribution in [0.4, 0.5) is 0 Å². The van der Waals surface area contributed by atoms with E-state index in [4.69, 9.17) is 0 Å². The van der Waals surface area contributed by atoms with E-state index in [0.29, 0.717) is 0 Å². The molecule has 12 rings (SSSR count). The van der Waals surface area contributed by atoms with Crippen LogP contribution in [0.2, 0.25) is 0 Å². The summed E-state index contributed by atoms with van der Waals surface area (Å²) in [5.74, 6) is 0. The van der Waals surface area contributed by atoms with Crippen molar-refractivity contribution in [2.24, 2.45) is 0 Å². The van der Waals surface area contributed by atoms with Crippen LogP contribution in [-0.2, 0) is 0 Å². The van der Waals surface area contributed by atoms with E-state index in [0.717, 1.165) is 11.4 Å². The van der Waals surface area contributed by atoms with Gasteiger partial charge in [0.15, 0.2) is 0 Å². The summed E-state index contributed by atoms with van der Waals surface area (Å²) in [4.78, 5) is 0. The van der Waals surface area contributed by atoms with Crippen LogP contribution >= 0.6 is 0 Å². The smallest absolute Gasteiger partial charge is 0.0541 e. The van der Waals surface area contributed by atoms with Gasteiger partial charge in [0.2, 0.25) is 0 Å². The molecule has 0 saturated carbocycles. The summed E-state index contributed by atoms with van der Waals surface area (Å²) in [7, 11) is 0. The Kier molecular flexibility index (Phi) is 8.53. The minimum atomic E-state index is 1.15. The number of hydrogen-bond donors (Lipinski definition) is 0. The molecule has 10 aromatic carbocycles. The molecular formula is C60H40N2. The molecule has 0 aliphatic rings. The van der Waals surface area contributed by atoms with Crippen molar-refractivity contribution < 1.29 is 0 Å². The maximum absolute atomic E-state index is 2.43.